The Morgan fingerprint density at radius 2 is 1.89 bits per heavy atom. The molecule has 0 spiro atoms. The SMILES string of the molecule is C[C@@H]([C@H](N)C(=O)N[C@H](C(=O)O)[C@H]1O[C@@H](n2cc(C(=O)O)[nH]c2=O)[C@H](O)[C@@H]1O)[C@H](O)c1ccc(O)cn1. The van der Waals surface area contributed by atoms with Crippen LogP contribution >= 0.6 is 0 Å². The molecule has 2 aromatic rings. The van der Waals surface area contributed by atoms with E-state index in [0.717, 1.165) is 12.4 Å². The molecule has 1 aliphatic rings. The lowest BCUT2D eigenvalue weighted by molar-refractivity contribution is -0.149. The van der Waals surface area contributed by atoms with Gasteiger partial charge >= 0.3 is 17.6 Å². The zero-order valence-electron chi connectivity index (χ0n) is 18.6. The van der Waals surface area contributed by atoms with Crippen molar-refractivity contribution in [1.82, 2.24) is 19.9 Å². The highest BCUT2D eigenvalue weighted by Gasteiger charge is 2.50. The van der Waals surface area contributed by atoms with Gasteiger partial charge in [0.05, 0.1) is 17.9 Å². The van der Waals surface area contributed by atoms with Crippen LogP contribution in [0.2, 0.25) is 0 Å². The van der Waals surface area contributed by atoms with Crippen LogP contribution in [0, 0.1) is 5.92 Å². The van der Waals surface area contributed by atoms with E-state index in [0.29, 0.717) is 4.57 Å². The predicted octanol–water partition coefficient (Wildman–Crippen LogP) is -3.14. The van der Waals surface area contributed by atoms with Crippen LogP contribution in [0.25, 0.3) is 0 Å². The third-order valence-corrected chi connectivity index (χ3v) is 5.86. The van der Waals surface area contributed by atoms with E-state index < -0.39 is 77.9 Å². The number of rotatable bonds is 9. The summed E-state index contributed by atoms with van der Waals surface area (Å²) >= 11 is 0. The highest BCUT2D eigenvalue weighted by molar-refractivity contribution is 5.87. The zero-order valence-corrected chi connectivity index (χ0v) is 18.6. The summed E-state index contributed by atoms with van der Waals surface area (Å²) in [6, 6.07) is -0.852. The van der Waals surface area contributed by atoms with Crippen molar-refractivity contribution in [3.63, 3.8) is 0 Å². The lowest BCUT2D eigenvalue weighted by atomic mass is 9.92. The smallest absolute Gasteiger partial charge is 0.353 e. The average Bonchev–Trinajstić information content (AvgIpc) is 3.35. The molecule has 1 aliphatic heterocycles. The van der Waals surface area contributed by atoms with Gasteiger partial charge in [-0.3, -0.25) is 19.3 Å². The number of aliphatic hydroxyl groups excluding tert-OH is 3. The Morgan fingerprint density at radius 1 is 1.22 bits per heavy atom. The van der Waals surface area contributed by atoms with E-state index in [2.05, 4.69) is 10.3 Å². The van der Waals surface area contributed by atoms with Gasteiger partial charge in [0.25, 0.3) is 0 Å². The summed E-state index contributed by atoms with van der Waals surface area (Å²) in [5.74, 6) is -5.35. The number of hydrogen-bond donors (Lipinski definition) is 9. The summed E-state index contributed by atoms with van der Waals surface area (Å²) in [4.78, 5) is 53.6. The molecule has 0 radical (unpaired) electrons. The standard InChI is InChI=1S/C20H25N5O11/c1-6(12(27)8-3-2-7(26)4-22-8)10(21)16(30)24-11(19(33)34)15-13(28)14(29)17(36-15)25-5-9(18(31)32)23-20(25)35/h2-6,10-15,17,26-29H,21H2,1H3,(H,23,35)(H,24,30)(H,31,32)(H,33,34)/t6-,10-,11-,12-,13-,14+,15+,17+/m0/s1. The number of carbonyl (C=O) groups is 3. The first-order valence-electron chi connectivity index (χ1n) is 10.5. The van der Waals surface area contributed by atoms with Crippen LogP contribution in [-0.4, -0.2) is 93.4 Å². The number of carboxylic acid groups (broad SMARTS) is 2. The monoisotopic (exact) mass is 511 g/mol. The number of aliphatic hydroxyl groups is 3. The van der Waals surface area contributed by atoms with Crippen molar-refractivity contribution in [3.8, 4) is 5.75 Å². The molecule has 3 heterocycles. The third-order valence-electron chi connectivity index (χ3n) is 5.86. The number of aromatic nitrogens is 3. The quantitative estimate of drug-likeness (QED) is 0.161. The molecule has 1 saturated heterocycles. The fourth-order valence-corrected chi connectivity index (χ4v) is 3.71. The summed E-state index contributed by atoms with van der Waals surface area (Å²) in [5.41, 5.74) is 4.45. The fourth-order valence-electron chi connectivity index (χ4n) is 3.71. The number of nitrogens with two attached hydrogens (primary N) is 1. The number of hydrogen-bond acceptors (Lipinski definition) is 11. The zero-order chi connectivity index (χ0) is 26.9. The molecule has 8 atom stereocenters. The number of nitrogens with one attached hydrogen (secondary N) is 2. The summed E-state index contributed by atoms with van der Waals surface area (Å²) in [6.45, 7) is 1.40. The normalized spacial score (nSPS) is 25.0. The first kappa shape index (κ1) is 26.8. The number of aromatic carboxylic acids is 1. The van der Waals surface area contributed by atoms with E-state index in [9.17, 15) is 44.7 Å². The number of pyridine rings is 1. The fraction of sp³-hybridized carbons (Fsp3) is 0.450. The van der Waals surface area contributed by atoms with Crippen LogP contribution in [0.15, 0.2) is 29.3 Å². The lowest BCUT2D eigenvalue weighted by Crippen LogP contribution is -2.57. The average molecular weight is 511 g/mol. The van der Waals surface area contributed by atoms with Crippen molar-refractivity contribution in [2.24, 2.45) is 11.7 Å². The van der Waals surface area contributed by atoms with Gasteiger partial charge in [-0.1, -0.05) is 6.92 Å². The maximum absolute atomic E-state index is 12.7. The summed E-state index contributed by atoms with van der Waals surface area (Å²) in [6.07, 6.45) is -6.70. The molecule has 16 nitrogen and oxygen atoms in total. The summed E-state index contributed by atoms with van der Waals surface area (Å²) < 4.78 is 6.00. The minimum absolute atomic E-state index is 0.0940. The number of amides is 1. The molecule has 0 aromatic carbocycles. The number of imidazole rings is 1. The second kappa shape index (κ2) is 10.4. The number of carboxylic acids is 2. The number of carbonyl (C=O) groups excluding carboxylic acids is 1. The Balaban J connectivity index is 1.76. The lowest BCUT2D eigenvalue weighted by Gasteiger charge is -2.28. The van der Waals surface area contributed by atoms with E-state index in [1.165, 1.54) is 19.1 Å². The Hall–Kier alpha value is -3.83. The summed E-state index contributed by atoms with van der Waals surface area (Å²) in [5, 5.41) is 61.3. The molecule has 36 heavy (non-hydrogen) atoms. The van der Waals surface area contributed by atoms with Crippen molar-refractivity contribution >= 4 is 17.8 Å². The van der Waals surface area contributed by atoms with E-state index in [1.54, 1.807) is 0 Å². The molecule has 1 amide bonds. The molecule has 0 bridgehead atoms. The van der Waals surface area contributed by atoms with Gasteiger partial charge in [0.2, 0.25) is 5.91 Å². The Labute approximate surface area is 201 Å². The number of aliphatic carboxylic acids is 1. The van der Waals surface area contributed by atoms with Gasteiger partial charge in [-0.2, -0.15) is 0 Å². The van der Waals surface area contributed by atoms with Gasteiger partial charge in [0.1, 0.15) is 35.9 Å². The van der Waals surface area contributed by atoms with Gasteiger partial charge < -0.3 is 46.4 Å². The maximum atomic E-state index is 12.7. The van der Waals surface area contributed by atoms with Crippen LogP contribution in [0.3, 0.4) is 0 Å². The molecule has 0 unspecified atom stereocenters. The number of aromatic amines is 1. The molecule has 10 N–H and O–H groups in total. The Kier molecular flexibility index (Phi) is 7.75. The van der Waals surface area contributed by atoms with Gasteiger partial charge in [-0.25, -0.2) is 14.4 Å². The third kappa shape index (κ3) is 5.21. The largest absolute Gasteiger partial charge is 0.506 e. The molecule has 196 valence electrons. The van der Waals surface area contributed by atoms with Crippen molar-refractivity contribution in [2.75, 3.05) is 0 Å². The Bertz CT molecular complexity index is 1180. The van der Waals surface area contributed by atoms with Crippen molar-refractivity contribution in [2.45, 2.75) is 49.7 Å². The van der Waals surface area contributed by atoms with E-state index in [1.807, 2.05) is 4.98 Å². The molecule has 0 aliphatic carbocycles. The molecule has 1 fully saturated rings. The van der Waals surface area contributed by atoms with Crippen LogP contribution in [0.4, 0.5) is 0 Å². The summed E-state index contributed by atoms with van der Waals surface area (Å²) in [7, 11) is 0. The van der Waals surface area contributed by atoms with Crippen LogP contribution < -0.4 is 16.7 Å². The number of H-pyrrole nitrogens is 1. The van der Waals surface area contributed by atoms with Crippen molar-refractivity contribution < 1.29 is 49.8 Å². The van der Waals surface area contributed by atoms with E-state index >= 15 is 0 Å². The highest BCUT2D eigenvalue weighted by Crippen LogP contribution is 2.31. The highest BCUT2D eigenvalue weighted by atomic mass is 16.6. The molecule has 0 saturated carbocycles. The molecule has 3 rings (SSSR count). The first-order chi connectivity index (χ1) is 16.8. The number of ether oxygens (including phenoxy) is 1. The second-order valence-electron chi connectivity index (χ2n) is 8.25. The number of aromatic hydroxyl groups is 1. The minimum Gasteiger partial charge on any atom is -0.506 e. The van der Waals surface area contributed by atoms with E-state index in [-0.39, 0.29) is 11.4 Å². The number of nitrogens with zero attached hydrogens (tertiary/aromatic N) is 2. The minimum atomic E-state index is -1.96. The van der Waals surface area contributed by atoms with Crippen molar-refractivity contribution in [1.29, 1.82) is 0 Å². The van der Waals surface area contributed by atoms with Crippen LogP contribution in [0.5, 0.6) is 5.75 Å². The second-order valence-corrected chi connectivity index (χ2v) is 8.25. The van der Waals surface area contributed by atoms with Crippen LogP contribution in [-0.2, 0) is 14.3 Å². The van der Waals surface area contributed by atoms with Crippen molar-refractivity contribution in [3.05, 3.63) is 46.4 Å². The predicted molar refractivity (Wildman–Crippen MR) is 116 cm³/mol. The van der Waals surface area contributed by atoms with Gasteiger partial charge in [-0.05, 0) is 12.1 Å². The molecular weight excluding hydrogens is 486 g/mol. The topological polar surface area (TPSA) is 271 Å². The van der Waals surface area contributed by atoms with Gasteiger partial charge in [-0.15, -0.1) is 0 Å². The molecule has 16 heteroatoms. The maximum Gasteiger partial charge on any atom is 0.353 e. The van der Waals surface area contributed by atoms with Gasteiger partial charge in [0, 0.05) is 12.1 Å². The molecule has 2 aromatic heterocycles. The Morgan fingerprint density at radius 3 is 2.42 bits per heavy atom. The van der Waals surface area contributed by atoms with Gasteiger partial charge in [0.15, 0.2) is 12.3 Å². The molecular formula is C20H25N5O11. The van der Waals surface area contributed by atoms with Crippen LogP contribution in [0.1, 0.15) is 35.4 Å². The van der Waals surface area contributed by atoms with E-state index in [4.69, 9.17) is 15.6 Å². The first-order valence-corrected chi connectivity index (χ1v) is 10.5.